The van der Waals surface area contributed by atoms with Crippen LogP contribution in [0.15, 0.2) is 24.3 Å². The van der Waals surface area contributed by atoms with Crippen molar-refractivity contribution in [2.45, 2.75) is 102 Å². The third-order valence-corrected chi connectivity index (χ3v) is 6.73. The molecule has 1 fully saturated rings. The monoisotopic (exact) mass is 520 g/mol. The van der Waals surface area contributed by atoms with Gasteiger partial charge in [0.15, 0.2) is 6.79 Å². The number of carbonyl (C=O) groups excluding carboxylic acids is 3. The van der Waals surface area contributed by atoms with Gasteiger partial charge in [0, 0.05) is 13.7 Å². The van der Waals surface area contributed by atoms with Gasteiger partial charge in [-0.3, -0.25) is 9.59 Å². The quantitative estimate of drug-likeness (QED) is 0.170. The number of primary amides is 1. The number of esters is 1. The summed E-state index contributed by atoms with van der Waals surface area (Å²) in [6.45, 7) is 2.67. The lowest BCUT2D eigenvalue weighted by Gasteiger charge is -2.26. The van der Waals surface area contributed by atoms with Crippen molar-refractivity contribution in [3.63, 3.8) is 0 Å². The topological polar surface area (TPSA) is 128 Å². The summed E-state index contributed by atoms with van der Waals surface area (Å²) in [5, 5.41) is 9.56. The van der Waals surface area contributed by atoms with Gasteiger partial charge < -0.3 is 30.0 Å². The minimum Gasteiger partial charge on any atom is -0.467 e. The molecule has 3 atom stereocenters. The van der Waals surface area contributed by atoms with Gasteiger partial charge in [-0.15, -0.1) is 0 Å². The first kappa shape index (κ1) is 30.6. The molecule has 9 nitrogen and oxygen atoms in total. The number of hydrogen-bond acceptors (Lipinski definition) is 7. The number of nitrogens with zero attached hydrogens (tertiary/aromatic N) is 1. The SMILES string of the molecule is CCCCCC[C@H](CCCCC[C@@H](O)C(N)=O)OC(=O)[C@@H]1CCCN1C(=O)c1ccccc1OCOC. The molecule has 1 saturated heterocycles. The second-order valence-corrected chi connectivity index (χ2v) is 9.67. The highest BCUT2D eigenvalue weighted by Crippen LogP contribution is 2.27. The predicted molar refractivity (Wildman–Crippen MR) is 140 cm³/mol. The number of hydrogen-bond donors (Lipinski definition) is 2. The lowest BCUT2D eigenvalue weighted by molar-refractivity contribution is -0.154. The van der Waals surface area contributed by atoms with Crippen molar-refractivity contribution >= 4 is 17.8 Å². The molecular formula is C28H44N2O7. The molecule has 3 N–H and O–H groups in total. The number of aliphatic hydroxyl groups excluding tert-OH is 1. The zero-order valence-electron chi connectivity index (χ0n) is 22.4. The highest BCUT2D eigenvalue weighted by molar-refractivity contribution is 5.99. The smallest absolute Gasteiger partial charge is 0.329 e. The van der Waals surface area contributed by atoms with Gasteiger partial charge in [0.1, 0.15) is 24.0 Å². The molecule has 0 unspecified atom stereocenters. The molecule has 208 valence electrons. The number of carbonyl (C=O) groups is 3. The molecule has 0 aromatic heterocycles. The molecule has 1 aromatic carbocycles. The summed E-state index contributed by atoms with van der Waals surface area (Å²) in [6, 6.07) is 6.34. The Morgan fingerprint density at radius 3 is 2.41 bits per heavy atom. The number of ether oxygens (including phenoxy) is 3. The third-order valence-electron chi connectivity index (χ3n) is 6.73. The zero-order chi connectivity index (χ0) is 27.0. The van der Waals surface area contributed by atoms with E-state index in [4.69, 9.17) is 19.9 Å². The maximum Gasteiger partial charge on any atom is 0.329 e. The Morgan fingerprint density at radius 1 is 1.05 bits per heavy atom. The normalized spacial score (nSPS) is 16.8. The highest BCUT2D eigenvalue weighted by Gasteiger charge is 2.37. The van der Waals surface area contributed by atoms with Gasteiger partial charge in [0.25, 0.3) is 5.91 Å². The summed E-state index contributed by atoms with van der Waals surface area (Å²) in [7, 11) is 1.51. The molecule has 9 heteroatoms. The molecular weight excluding hydrogens is 476 g/mol. The summed E-state index contributed by atoms with van der Waals surface area (Å²) in [4.78, 5) is 39.2. The molecule has 1 heterocycles. The molecule has 0 spiro atoms. The molecule has 1 aliphatic heterocycles. The van der Waals surface area contributed by atoms with E-state index in [1.165, 1.54) is 7.11 Å². The van der Waals surface area contributed by atoms with Crippen molar-refractivity contribution in [1.82, 2.24) is 4.90 Å². The Hall–Kier alpha value is -2.65. The van der Waals surface area contributed by atoms with E-state index in [0.717, 1.165) is 51.4 Å². The molecule has 37 heavy (non-hydrogen) atoms. The number of nitrogens with two attached hydrogens (primary N) is 1. The van der Waals surface area contributed by atoms with Crippen LogP contribution in [-0.2, 0) is 19.1 Å². The number of methoxy groups -OCH3 is 1. The van der Waals surface area contributed by atoms with E-state index in [0.29, 0.717) is 43.5 Å². The largest absolute Gasteiger partial charge is 0.467 e. The minimum absolute atomic E-state index is 0.0248. The van der Waals surface area contributed by atoms with Crippen LogP contribution in [0.3, 0.4) is 0 Å². The minimum atomic E-state index is -1.11. The number of para-hydroxylation sites is 1. The second kappa shape index (κ2) is 17.0. The van der Waals surface area contributed by atoms with Crippen LogP contribution in [0.1, 0.15) is 94.3 Å². The van der Waals surface area contributed by atoms with E-state index in [2.05, 4.69) is 6.92 Å². The average Bonchev–Trinajstić information content (AvgIpc) is 3.39. The molecule has 1 aromatic rings. The lowest BCUT2D eigenvalue weighted by atomic mass is 10.0. The molecule has 0 aliphatic carbocycles. The molecule has 2 rings (SSSR count). The van der Waals surface area contributed by atoms with Crippen LogP contribution in [0.2, 0.25) is 0 Å². The molecule has 0 bridgehead atoms. The Balaban J connectivity index is 1.98. The molecule has 0 radical (unpaired) electrons. The van der Waals surface area contributed by atoms with Gasteiger partial charge in [-0.25, -0.2) is 4.79 Å². The van der Waals surface area contributed by atoms with Crippen LogP contribution in [0, 0.1) is 0 Å². The van der Waals surface area contributed by atoms with E-state index in [1.807, 2.05) is 0 Å². The van der Waals surface area contributed by atoms with E-state index in [9.17, 15) is 19.5 Å². The van der Waals surface area contributed by atoms with Gasteiger partial charge in [0.05, 0.1) is 5.56 Å². The number of unbranched alkanes of at least 4 members (excludes halogenated alkanes) is 5. The van der Waals surface area contributed by atoms with Gasteiger partial charge >= 0.3 is 5.97 Å². The van der Waals surface area contributed by atoms with Crippen molar-refractivity contribution in [3.8, 4) is 5.75 Å². The summed E-state index contributed by atoms with van der Waals surface area (Å²) in [6.07, 6.45) is 8.42. The highest BCUT2D eigenvalue weighted by atomic mass is 16.7. The summed E-state index contributed by atoms with van der Waals surface area (Å²) < 4.78 is 16.5. The second-order valence-electron chi connectivity index (χ2n) is 9.67. The van der Waals surface area contributed by atoms with Crippen LogP contribution in [-0.4, -0.2) is 66.5 Å². The maximum absolute atomic E-state index is 13.4. The number of aliphatic hydroxyl groups is 1. The van der Waals surface area contributed by atoms with Gasteiger partial charge in [-0.2, -0.15) is 0 Å². The van der Waals surface area contributed by atoms with E-state index in [-0.39, 0.29) is 24.8 Å². The predicted octanol–water partition coefficient (Wildman–Crippen LogP) is 3.95. The van der Waals surface area contributed by atoms with E-state index >= 15 is 0 Å². The van der Waals surface area contributed by atoms with Crippen LogP contribution >= 0.6 is 0 Å². The van der Waals surface area contributed by atoms with Crippen molar-refractivity contribution in [2.75, 3.05) is 20.4 Å². The van der Waals surface area contributed by atoms with Crippen LogP contribution in [0.4, 0.5) is 0 Å². The number of benzene rings is 1. The van der Waals surface area contributed by atoms with Gasteiger partial charge in [0.2, 0.25) is 5.91 Å². The lowest BCUT2D eigenvalue weighted by Crippen LogP contribution is -2.42. The maximum atomic E-state index is 13.4. The fraction of sp³-hybridized carbons (Fsp3) is 0.679. The third kappa shape index (κ3) is 10.3. The number of rotatable bonds is 18. The Labute approximate surface area is 220 Å². The summed E-state index contributed by atoms with van der Waals surface area (Å²) in [5.41, 5.74) is 5.50. The summed E-state index contributed by atoms with van der Waals surface area (Å²) >= 11 is 0. The fourth-order valence-electron chi connectivity index (χ4n) is 4.63. The molecule has 2 amide bonds. The molecule has 1 aliphatic rings. The van der Waals surface area contributed by atoms with E-state index < -0.39 is 18.1 Å². The first-order valence-corrected chi connectivity index (χ1v) is 13.6. The Kier molecular flexibility index (Phi) is 14.0. The van der Waals surface area contributed by atoms with E-state index in [1.54, 1.807) is 29.2 Å². The Morgan fingerprint density at radius 2 is 1.73 bits per heavy atom. The first-order chi connectivity index (χ1) is 17.9. The zero-order valence-corrected chi connectivity index (χ0v) is 22.4. The van der Waals surface area contributed by atoms with Crippen molar-refractivity contribution < 1.29 is 33.7 Å². The molecule has 0 saturated carbocycles. The Bertz CT molecular complexity index is 848. The van der Waals surface area contributed by atoms with Crippen LogP contribution in [0.25, 0.3) is 0 Å². The fourth-order valence-corrected chi connectivity index (χ4v) is 4.63. The number of amides is 2. The van der Waals surface area contributed by atoms with Crippen LogP contribution < -0.4 is 10.5 Å². The first-order valence-electron chi connectivity index (χ1n) is 13.6. The average molecular weight is 521 g/mol. The van der Waals surface area contributed by atoms with Crippen LogP contribution in [0.5, 0.6) is 5.75 Å². The van der Waals surface area contributed by atoms with Gasteiger partial charge in [-0.1, -0.05) is 51.2 Å². The van der Waals surface area contributed by atoms with Crippen molar-refractivity contribution in [2.24, 2.45) is 5.73 Å². The number of likely N-dealkylation sites (tertiary alicyclic amines) is 1. The summed E-state index contributed by atoms with van der Waals surface area (Å²) in [5.74, 6) is -0.889. The standard InChI is InChI=1S/C28H44N2O7/c1-3-4-5-7-13-21(14-8-6-9-17-24(31)26(29)32)37-28(34)23-16-12-19-30(23)27(33)22-15-10-11-18-25(22)36-20-35-2/h10-11,15,18,21,23-24,31H,3-9,12-14,16-17,19-20H2,1-2H3,(H2,29,32)/t21-,23+,24-/m1/s1. The van der Waals surface area contributed by atoms with Crippen molar-refractivity contribution in [3.05, 3.63) is 29.8 Å². The van der Waals surface area contributed by atoms with Gasteiger partial charge in [-0.05, 0) is 57.1 Å². The van der Waals surface area contributed by atoms with Crippen molar-refractivity contribution in [1.29, 1.82) is 0 Å².